The van der Waals surface area contributed by atoms with E-state index in [2.05, 4.69) is 53.1 Å². The Balaban J connectivity index is 0.00000160. The first-order chi connectivity index (χ1) is 13.7. The molecule has 1 unspecified atom stereocenters. The lowest BCUT2D eigenvalue weighted by Gasteiger charge is -2.39. The molecule has 4 rings (SSSR count). The molecule has 2 aliphatic heterocycles. The molecule has 7 heteroatoms. The molecule has 2 heterocycles. The van der Waals surface area contributed by atoms with Crippen molar-refractivity contribution in [1.82, 2.24) is 4.90 Å². The summed E-state index contributed by atoms with van der Waals surface area (Å²) in [4.78, 5) is 5.01. The molecular formula is C23H32Cl2N2O3. The molecule has 0 amide bonds. The molecule has 0 N–H and O–H groups in total. The zero-order valence-corrected chi connectivity index (χ0v) is 19.6. The summed E-state index contributed by atoms with van der Waals surface area (Å²) in [5.74, 6) is 1.58. The molecule has 1 saturated heterocycles. The van der Waals surface area contributed by atoms with Gasteiger partial charge in [-0.1, -0.05) is 18.2 Å². The highest BCUT2D eigenvalue weighted by atomic mass is 35.5. The Morgan fingerprint density at radius 3 is 2.30 bits per heavy atom. The predicted molar refractivity (Wildman–Crippen MR) is 126 cm³/mol. The van der Waals surface area contributed by atoms with Crippen LogP contribution in [-0.2, 0) is 11.2 Å². The van der Waals surface area contributed by atoms with Gasteiger partial charge in [-0.05, 0) is 48.2 Å². The van der Waals surface area contributed by atoms with Crippen molar-refractivity contribution in [2.24, 2.45) is 0 Å². The standard InChI is InChI=1S/C23H30N2O3.2ClH/c1-17-6-4-5-7-20(17)25-11-9-24(10-12-25)16-23-19-15-22(27-3)21(26-2)14-18(19)8-13-28-23;;/h4-7,14-15,23H,8-13,16H2,1-3H3;2*1H. The van der Waals surface area contributed by atoms with Gasteiger partial charge in [-0.3, -0.25) is 4.90 Å². The van der Waals surface area contributed by atoms with Gasteiger partial charge in [0, 0.05) is 38.4 Å². The van der Waals surface area contributed by atoms with Gasteiger partial charge in [-0.2, -0.15) is 0 Å². The molecule has 1 atom stereocenters. The van der Waals surface area contributed by atoms with E-state index >= 15 is 0 Å². The molecule has 0 aliphatic carbocycles. The van der Waals surface area contributed by atoms with Crippen LogP contribution in [-0.4, -0.2) is 58.5 Å². The van der Waals surface area contributed by atoms with E-state index in [0.717, 1.165) is 57.3 Å². The first kappa shape index (κ1) is 24.6. The lowest BCUT2D eigenvalue weighted by atomic mass is 9.96. The summed E-state index contributed by atoms with van der Waals surface area (Å²) in [7, 11) is 3.38. The van der Waals surface area contributed by atoms with Gasteiger partial charge in [0.05, 0.1) is 26.9 Å². The normalized spacial score (nSPS) is 18.6. The van der Waals surface area contributed by atoms with Crippen LogP contribution in [0.15, 0.2) is 36.4 Å². The number of aryl methyl sites for hydroxylation is 1. The zero-order chi connectivity index (χ0) is 19.5. The van der Waals surface area contributed by atoms with Gasteiger partial charge in [0.15, 0.2) is 11.5 Å². The van der Waals surface area contributed by atoms with Crippen molar-refractivity contribution >= 4 is 30.5 Å². The average molecular weight is 455 g/mol. The smallest absolute Gasteiger partial charge is 0.161 e. The second kappa shape index (κ2) is 11.1. The largest absolute Gasteiger partial charge is 0.493 e. The van der Waals surface area contributed by atoms with Gasteiger partial charge in [0.1, 0.15) is 0 Å². The number of anilines is 1. The second-order valence-corrected chi connectivity index (χ2v) is 7.59. The maximum absolute atomic E-state index is 6.16. The first-order valence-electron chi connectivity index (χ1n) is 10.1. The van der Waals surface area contributed by atoms with Gasteiger partial charge < -0.3 is 19.1 Å². The van der Waals surface area contributed by atoms with Crippen molar-refractivity contribution in [1.29, 1.82) is 0 Å². The van der Waals surface area contributed by atoms with Gasteiger partial charge in [0.2, 0.25) is 0 Å². The van der Waals surface area contributed by atoms with E-state index in [1.165, 1.54) is 22.4 Å². The fourth-order valence-corrected chi connectivity index (χ4v) is 4.33. The summed E-state index contributed by atoms with van der Waals surface area (Å²) in [6.45, 7) is 8.08. The van der Waals surface area contributed by atoms with Crippen molar-refractivity contribution in [3.05, 3.63) is 53.1 Å². The van der Waals surface area contributed by atoms with Gasteiger partial charge >= 0.3 is 0 Å². The highest BCUT2D eigenvalue weighted by Crippen LogP contribution is 2.37. The number of methoxy groups -OCH3 is 2. The van der Waals surface area contributed by atoms with Crippen LogP contribution in [0, 0.1) is 6.92 Å². The number of benzene rings is 2. The lowest BCUT2D eigenvalue weighted by molar-refractivity contribution is 0.0146. The minimum atomic E-state index is 0. The zero-order valence-electron chi connectivity index (χ0n) is 17.9. The summed E-state index contributed by atoms with van der Waals surface area (Å²) in [5.41, 5.74) is 5.26. The van der Waals surface area contributed by atoms with Gasteiger partial charge in [-0.15, -0.1) is 24.8 Å². The third-order valence-electron chi connectivity index (χ3n) is 5.94. The lowest BCUT2D eigenvalue weighted by Crippen LogP contribution is -2.48. The number of hydrogen-bond donors (Lipinski definition) is 0. The monoisotopic (exact) mass is 454 g/mol. The number of para-hydroxylation sites is 1. The quantitative estimate of drug-likeness (QED) is 0.672. The third-order valence-corrected chi connectivity index (χ3v) is 5.94. The van der Waals surface area contributed by atoms with Crippen molar-refractivity contribution in [2.45, 2.75) is 19.4 Å². The van der Waals surface area contributed by atoms with Crippen molar-refractivity contribution in [3.63, 3.8) is 0 Å². The first-order valence-corrected chi connectivity index (χ1v) is 10.1. The Morgan fingerprint density at radius 2 is 1.63 bits per heavy atom. The third kappa shape index (κ3) is 5.14. The number of piperazine rings is 1. The highest BCUT2D eigenvalue weighted by molar-refractivity contribution is 5.85. The molecule has 0 radical (unpaired) electrons. The summed E-state index contributed by atoms with van der Waals surface area (Å²) in [5, 5.41) is 0. The number of fused-ring (bicyclic) bond motifs is 1. The van der Waals surface area contributed by atoms with Crippen LogP contribution in [0.2, 0.25) is 0 Å². The molecule has 0 bridgehead atoms. The summed E-state index contributed by atoms with van der Waals surface area (Å²) >= 11 is 0. The van der Waals surface area contributed by atoms with E-state index < -0.39 is 0 Å². The topological polar surface area (TPSA) is 34.2 Å². The fourth-order valence-electron chi connectivity index (χ4n) is 4.33. The van der Waals surface area contributed by atoms with Crippen LogP contribution in [0.4, 0.5) is 5.69 Å². The summed E-state index contributed by atoms with van der Waals surface area (Å²) in [6, 6.07) is 12.9. The number of hydrogen-bond acceptors (Lipinski definition) is 5. The predicted octanol–water partition coefficient (Wildman–Crippen LogP) is 4.29. The van der Waals surface area contributed by atoms with E-state index in [-0.39, 0.29) is 30.9 Å². The van der Waals surface area contributed by atoms with Crippen LogP contribution in [0.3, 0.4) is 0 Å². The van der Waals surface area contributed by atoms with E-state index in [0.29, 0.717) is 0 Å². The minimum Gasteiger partial charge on any atom is -0.493 e. The maximum Gasteiger partial charge on any atom is 0.161 e. The summed E-state index contributed by atoms with van der Waals surface area (Å²) < 4.78 is 17.1. The van der Waals surface area contributed by atoms with Gasteiger partial charge in [0.25, 0.3) is 0 Å². The number of nitrogens with zero attached hydrogens (tertiary/aromatic N) is 2. The van der Waals surface area contributed by atoms with Crippen LogP contribution < -0.4 is 14.4 Å². The Morgan fingerprint density at radius 1 is 0.967 bits per heavy atom. The minimum absolute atomic E-state index is 0. The van der Waals surface area contributed by atoms with Crippen LogP contribution >= 0.6 is 24.8 Å². The highest BCUT2D eigenvalue weighted by Gasteiger charge is 2.27. The van der Waals surface area contributed by atoms with E-state index in [1.807, 2.05) is 0 Å². The fraction of sp³-hybridized carbons (Fsp3) is 0.478. The Labute approximate surface area is 192 Å². The molecule has 1 fully saturated rings. The molecule has 166 valence electrons. The molecule has 0 spiro atoms. The molecule has 0 aromatic heterocycles. The molecule has 30 heavy (non-hydrogen) atoms. The Bertz CT molecular complexity index is 826. The SMILES string of the molecule is COc1cc2c(cc1OC)C(CN1CCN(c3ccccc3C)CC1)OCC2.Cl.Cl. The summed E-state index contributed by atoms with van der Waals surface area (Å²) in [6.07, 6.45) is 1.02. The van der Waals surface area contributed by atoms with Crippen LogP contribution in [0.5, 0.6) is 11.5 Å². The van der Waals surface area contributed by atoms with Crippen molar-refractivity contribution < 1.29 is 14.2 Å². The Kier molecular flexibility index (Phi) is 9.10. The second-order valence-electron chi connectivity index (χ2n) is 7.59. The van der Waals surface area contributed by atoms with Crippen molar-refractivity contribution in [2.75, 3.05) is 58.5 Å². The number of ether oxygens (including phenoxy) is 3. The van der Waals surface area contributed by atoms with E-state index in [9.17, 15) is 0 Å². The van der Waals surface area contributed by atoms with Crippen LogP contribution in [0.25, 0.3) is 0 Å². The number of rotatable bonds is 5. The van der Waals surface area contributed by atoms with Crippen LogP contribution in [0.1, 0.15) is 22.8 Å². The molecule has 0 saturated carbocycles. The molecule has 5 nitrogen and oxygen atoms in total. The molecule has 2 aliphatic rings. The van der Waals surface area contributed by atoms with E-state index in [4.69, 9.17) is 14.2 Å². The number of halogens is 2. The molecule has 2 aromatic rings. The molecule has 2 aromatic carbocycles. The average Bonchev–Trinajstić information content (AvgIpc) is 2.74. The Hall–Kier alpha value is -1.66. The maximum atomic E-state index is 6.16. The van der Waals surface area contributed by atoms with Gasteiger partial charge in [-0.25, -0.2) is 0 Å². The molecular weight excluding hydrogens is 423 g/mol. The van der Waals surface area contributed by atoms with E-state index in [1.54, 1.807) is 14.2 Å². The van der Waals surface area contributed by atoms with Crippen molar-refractivity contribution in [3.8, 4) is 11.5 Å².